The highest BCUT2D eigenvalue weighted by Gasteiger charge is 2.36. The Balaban J connectivity index is 0.00000300. The molecule has 8 nitrogen and oxygen atoms in total. The summed E-state index contributed by atoms with van der Waals surface area (Å²) in [5.41, 5.74) is 6.38. The van der Waals surface area contributed by atoms with Gasteiger partial charge in [0.1, 0.15) is 17.7 Å². The van der Waals surface area contributed by atoms with Gasteiger partial charge in [-0.05, 0) is 42.5 Å². The summed E-state index contributed by atoms with van der Waals surface area (Å²) in [6, 6.07) is 9.01. The number of anilines is 2. The molecule has 0 amide bonds. The van der Waals surface area contributed by atoms with Crippen molar-refractivity contribution in [1.29, 1.82) is 0 Å². The number of hydrogen-bond acceptors (Lipinski definition) is 6. The zero-order chi connectivity index (χ0) is 20.7. The minimum absolute atomic E-state index is 0. The Kier molecular flexibility index (Phi) is 6.68. The van der Waals surface area contributed by atoms with Gasteiger partial charge in [-0.1, -0.05) is 0 Å². The van der Waals surface area contributed by atoms with Crippen LogP contribution in [0.15, 0.2) is 47.4 Å². The Hall–Kier alpha value is -2.08. The molecule has 0 saturated carbocycles. The standard InChI is InChI=1S/C17H20FN3O5S2.ClH/c1-20(27(2,22)23)10-14-11-21(16-9-13(19)5-8-17(16)26-14)28(24,25)15-6-3-12(18)4-7-15;/h3-9,14H,10-11,19H2,1-2H3;1H. The first-order valence-corrected chi connectivity index (χ1v) is 11.5. The predicted octanol–water partition coefficient (Wildman–Crippen LogP) is 1.68. The number of nitrogens with zero attached hydrogens (tertiary/aromatic N) is 2. The fourth-order valence-corrected chi connectivity index (χ4v) is 4.74. The van der Waals surface area contributed by atoms with Crippen molar-refractivity contribution < 1.29 is 26.0 Å². The number of nitrogen functional groups attached to an aromatic ring is 1. The van der Waals surface area contributed by atoms with Crippen molar-refractivity contribution in [2.75, 3.05) is 36.4 Å². The molecule has 2 aromatic rings. The predicted molar refractivity (Wildman–Crippen MR) is 111 cm³/mol. The third-order valence-electron chi connectivity index (χ3n) is 4.34. The van der Waals surface area contributed by atoms with Crippen LogP contribution in [0.3, 0.4) is 0 Å². The first-order chi connectivity index (χ1) is 13.0. The van der Waals surface area contributed by atoms with E-state index in [2.05, 4.69) is 0 Å². The number of halogens is 2. The van der Waals surface area contributed by atoms with Crippen LogP contribution in [0.25, 0.3) is 0 Å². The molecule has 160 valence electrons. The van der Waals surface area contributed by atoms with E-state index in [0.717, 1.165) is 27.0 Å². The van der Waals surface area contributed by atoms with Gasteiger partial charge in [-0.25, -0.2) is 25.5 Å². The Morgan fingerprint density at radius 1 is 1.17 bits per heavy atom. The van der Waals surface area contributed by atoms with Gasteiger partial charge in [0.15, 0.2) is 0 Å². The number of nitrogens with two attached hydrogens (primary N) is 1. The highest BCUT2D eigenvalue weighted by molar-refractivity contribution is 7.92. The first-order valence-electron chi connectivity index (χ1n) is 8.24. The van der Waals surface area contributed by atoms with Gasteiger partial charge in [0.2, 0.25) is 10.0 Å². The van der Waals surface area contributed by atoms with Crippen LogP contribution in [0, 0.1) is 5.82 Å². The molecule has 0 aromatic heterocycles. The second-order valence-corrected chi connectivity index (χ2v) is 10.5. The minimum atomic E-state index is -4.05. The van der Waals surface area contributed by atoms with E-state index in [1.807, 2.05) is 0 Å². The normalized spacial score (nSPS) is 16.7. The minimum Gasteiger partial charge on any atom is -0.485 e. The number of rotatable bonds is 5. The van der Waals surface area contributed by atoms with Crippen LogP contribution in [0.5, 0.6) is 5.75 Å². The van der Waals surface area contributed by atoms with Crippen LogP contribution in [0.2, 0.25) is 0 Å². The molecular weight excluding hydrogens is 445 g/mol. The lowest BCUT2D eigenvalue weighted by atomic mass is 10.2. The fraction of sp³-hybridized carbons (Fsp3) is 0.294. The van der Waals surface area contributed by atoms with Gasteiger partial charge in [0.25, 0.3) is 10.0 Å². The van der Waals surface area contributed by atoms with Gasteiger partial charge in [0.05, 0.1) is 29.9 Å². The van der Waals surface area contributed by atoms with Crippen LogP contribution >= 0.6 is 12.4 Å². The molecule has 0 radical (unpaired) electrons. The zero-order valence-electron chi connectivity index (χ0n) is 15.6. The van der Waals surface area contributed by atoms with Crippen molar-refractivity contribution in [1.82, 2.24) is 4.31 Å². The summed E-state index contributed by atoms with van der Waals surface area (Å²) in [5.74, 6) is -0.295. The van der Waals surface area contributed by atoms with Gasteiger partial charge in [0, 0.05) is 12.7 Å². The van der Waals surface area contributed by atoms with E-state index in [4.69, 9.17) is 10.5 Å². The fourth-order valence-electron chi connectivity index (χ4n) is 2.81. The molecule has 0 saturated heterocycles. The maximum Gasteiger partial charge on any atom is 0.264 e. The third-order valence-corrected chi connectivity index (χ3v) is 7.42. The second-order valence-electron chi connectivity index (χ2n) is 6.50. The van der Waals surface area contributed by atoms with Crippen molar-refractivity contribution >= 4 is 43.8 Å². The highest BCUT2D eigenvalue weighted by Crippen LogP contribution is 2.38. The molecule has 0 aliphatic carbocycles. The quantitative estimate of drug-likeness (QED) is 0.672. The number of benzene rings is 2. The molecule has 29 heavy (non-hydrogen) atoms. The van der Waals surface area contributed by atoms with Gasteiger partial charge >= 0.3 is 0 Å². The largest absolute Gasteiger partial charge is 0.485 e. The van der Waals surface area contributed by atoms with Crippen molar-refractivity contribution in [2.24, 2.45) is 0 Å². The van der Waals surface area contributed by atoms with Gasteiger partial charge in [-0.2, -0.15) is 0 Å². The molecule has 0 bridgehead atoms. The Bertz CT molecular complexity index is 1090. The maximum absolute atomic E-state index is 13.2. The second kappa shape index (κ2) is 8.34. The molecule has 2 N–H and O–H groups in total. The summed E-state index contributed by atoms with van der Waals surface area (Å²) < 4.78 is 71.0. The summed E-state index contributed by atoms with van der Waals surface area (Å²) in [4.78, 5) is -0.0978. The molecule has 1 aliphatic rings. The topological polar surface area (TPSA) is 110 Å². The van der Waals surface area contributed by atoms with E-state index in [-0.39, 0.29) is 41.8 Å². The van der Waals surface area contributed by atoms with Crippen LogP contribution in [0.1, 0.15) is 0 Å². The molecule has 0 spiro atoms. The average Bonchev–Trinajstić information content (AvgIpc) is 2.61. The molecule has 1 atom stereocenters. The lowest BCUT2D eigenvalue weighted by molar-refractivity contribution is 0.177. The molecule has 3 rings (SSSR count). The van der Waals surface area contributed by atoms with Gasteiger partial charge < -0.3 is 10.5 Å². The summed E-state index contributed by atoms with van der Waals surface area (Å²) in [5, 5.41) is 0. The van der Waals surface area contributed by atoms with E-state index < -0.39 is 32.0 Å². The summed E-state index contributed by atoms with van der Waals surface area (Å²) in [6.45, 7) is -0.173. The van der Waals surface area contributed by atoms with Gasteiger partial charge in [-0.15, -0.1) is 12.4 Å². The molecule has 1 aliphatic heterocycles. The molecule has 12 heteroatoms. The third kappa shape index (κ3) is 4.92. The molecular formula is C17H21ClFN3O5S2. The van der Waals surface area contributed by atoms with Crippen molar-refractivity contribution in [2.45, 2.75) is 11.0 Å². The van der Waals surface area contributed by atoms with E-state index in [0.29, 0.717) is 5.69 Å². The maximum atomic E-state index is 13.2. The Labute approximate surface area is 175 Å². The van der Waals surface area contributed by atoms with Crippen LogP contribution in [-0.2, 0) is 20.0 Å². The molecule has 2 aromatic carbocycles. The van der Waals surface area contributed by atoms with E-state index in [1.54, 1.807) is 6.07 Å². The average molecular weight is 466 g/mol. The van der Waals surface area contributed by atoms with Crippen LogP contribution < -0.4 is 14.8 Å². The number of hydrogen-bond donors (Lipinski definition) is 1. The first kappa shape index (κ1) is 23.2. The Morgan fingerprint density at radius 2 is 1.79 bits per heavy atom. The number of sulfonamides is 2. The summed E-state index contributed by atoms with van der Waals surface area (Å²) in [6.07, 6.45) is 0.309. The number of likely N-dealkylation sites (N-methyl/N-ethyl adjacent to an activating group) is 1. The van der Waals surface area contributed by atoms with Crippen LogP contribution in [-0.4, -0.2) is 53.6 Å². The highest BCUT2D eigenvalue weighted by atomic mass is 35.5. The smallest absolute Gasteiger partial charge is 0.264 e. The van der Waals surface area contributed by atoms with E-state index in [9.17, 15) is 21.2 Å². The number of ether oxygens (including phenoxy) is 1. The summed E-state index contributed by atoms with van der Waals surface area (Å²) >= 11 is 0. The van der Waals surface area contributed by atoms with Gasteiger partial charge in [-0.3, -0.25) is 4.31 Å². The summed E-state index contributed by atoms with van der Waals surface area (Å²) in [7, 11) is -6.14. The monoisotopic (exact) mass is 465 g/mol. The molecule has 0 fully saturated rings. The lowest BCUT2D eigenvalue weighted by Gasteiger charge is -2.36. The number of fused-ring (bicyclic) bond motifs is 1. The SMILES string of the molecule is CN(CC1CN(S(=O)(=O)c2ccc(F)cc2)c2cc(N)ccc2O1)S(C)(=O)=O.Cl. The van der Waals surface area contributed by atoms with E-state index >= 15 is 0 Å². The van der Waals surface area contributed by atoms with Crippen molar-refractivity contribution in [3.8, 4) is 5.75 Å². The van der Waals surface area contributed by atoms with E-state index in [1.165, 1.54) is 31.3 Å². The molecule has 1 heterocycles. The van der Waals surface area contributed by atoms with Crippen molar-refractivity contribution in [3.05, 3.63) is 48.3 Å². The zero-order valence-corrected chi connectivity index (χ0v) is 18.1. The Morgan fingerprint density at radius 3 is 2.38 bits per heavy atom. The van der Waals surface area contributed by atoms with Crippen LogP contribution in [0.4, 0.5) is 15.8 Å². The molecule has 1 unspecified atom stereocenters. The van der Waals surface area contributed by atoms with Crippen molar-refractivity contribution in [3.63, 3.8) is 0 Å². The lowest BCUT2D eigenvalue weighted by Crippen LogP contribution is -2.48.